The molecule has 2 rings (SSSR count). The van der Waals surface area contributed by atoms with E-state index in [-0.39, 0.29) is 18.5 Å². The molecule has 4 heteroatoms. The summed E-state index contributed by atoms with van der Waals surface area (Å²) in [6.45, 7) is 5.78. The molecule has 1 atom stereocenters. The first-order valence-electron chi connectivity index (χ1n) is 6.46. The molecule has 98 valence electrons. The topological polar surface area (TPSA) is 49.6 Å². The van der Waals surface area contributed by atoms with Gasteiger partial charge in [0.05, 0.1) is 6.54 Å². The van der Waals surface area contributed by atoms with Crippen molar-refractivity contribution in [3.63, 3.8) is 0 Å². The highest BCUT2D eigenvalue weighted by atomic mass is 16.2. The third-order valence-electron chi connectivity index (χ3n) is 3.46. The monoisotopic (exact) mass is 247 g/mol. The maximum atomic E-state index is 11.6. The van der Waals surface area contributed by atoms with Crippen molar-refractivity contribution in [2.24, 2.45) is 5.73 Å². The molecule has 1 aromatic rings. The lowest BCUT2D eigenvalue weighted by atomic mass is 10.1. The van der Waals surface area contributed by atoms with Gasteiger partial charge in [0.25, 0.3) is 0 Å². The van der Waals surface area contributed by atoms with Gasteiger partial charge >= 0.3 is 0 Å². The molecule has 1 aliphatic rings. The fourth-order valence-electron chi connectivity index (χ4n) is 2.51. The minimum absolute atomic E-state index is 0.0573. The molecular weight excluding hydrogens is 226 g/mol. The van der Waals surface area contributed by atoms with Gasteiger partial charge in [0.15, 0.2) is 0 Å². The van der Waals surface area contributed by atoms with Crippen LogP contribution in [0.5, 0.6) is 0 Å². The van der Waals surface area contributed by atoms with Crippen LogP contribution in [0.1, 0.15) is 12.5 Å². The Bertz CT molecular complexity index is 393. The van der Waals surface area contributed by atoms with Gasteiger partial charge in [0, 0.05) is 32.2 Å². The standard InChI is InChI=1S/C14H21N3O/c1-12-10-16(7-8-17(12)14(18)9-15)11-13-5-3-2-4-6-13/h2-6,12H,7-11,15H2,1H3. The summed E-state index contributed by atoms with van der Waals surface area (Å²) in [6.07, 6.45) is 0. The molecule has 2 N–H and O–H groups in total. The number of amides is 1. The van der Waals surface area contributed by atoms with Crippen LogP contribution in [0, 0.1) is 0 Å². The van der Waals surface area contributed by atoms with E-state index in [2.05, 4.69) is 36.1 Å². The zero-order valence-corrected chi connectivity index (χ0v) is 10.9. The van der Waals surface area contributed by atoms with Crippen LogP contribution in [0.2, 0.25) is 0 Å². The highest BCUT2D eigenvalue weighted by Crippen LogP contribution is 2.12. The molecule has 0 radical (unpaired) electrons. The predicted octanol–water partition coefficient (Wildman–Crippen LogP) is 0.678. The Hall–Kier alpha value is -1.39. The number of nitrogens with two attached hydrogens (primary N) is 1. The third kappa shape index (κ3) is 3.09. The molecule has 0 spiro atoms. The van der Waals surface area contributed by atoms with Crippen LogP contribution in [-0.4, -0.2) is 47.9 Å². The zero-order chi connectivity index (χ0) is 13.0. The molecule has 0 bridgehead atoms. The van der Waals surface area contributed by atoms with Crippen molar-refractivity contribution >= 4 is 5.91 Å². The van der Waals surface area contributed by atoms with E-state index in [1.165, 1.54) is 5.56 Å². The number of carbonyl (C=O) groups is 1. The van der Waals surface area contributed by atoms with E-state index in [9.17, 15) is 4.79 Å². The number of rotatable bonds is 3. The summed E-state index contributed by atoms with van der Waals surface area (Å²) in [5.41, 5.74) is 6.74. The van der Waals surface area contributed by atoms with Crippen LogP contribution < -0.4 is 5.73 Å². The SMILES string of the molecule is CC1CN(Cc2ccccc2)CCN1C(=O)CN. The van der Waals surface area contributed by atoms with Crippen LogP contribution >= 0.6 is 0 Å². The summed E-state index contributed by atoms with van der Waals surface area (Å²) in [5, 5.41) is 0. The maximum Gasteiger partial charge on any atom is 0.236 e. The van der Waals surface area contributed by atoms with E-state index in [1.54, 1.807) is 0 Å². The summed E-state index contributed by atoms with van der Waals surface area (Å²) < 4.78 is 0. The van der Waals surface area contributed by atoms with Crippen molar-refractivity contribution < 1.29 is 4.79 Å². The average molecular weight is 247 g/mol. The number of hydrogen-bond acceptors (Lipinski definition) is 3. The number of piperazine rings is 1. The van der Waals surface area contributed by atoms with Crippen molar-refractivity contribution in [1.82, 2.24) is 9.80 Å². The minimum atomic E-state index is 0.0573. The van der Waals surface area contributed by atoms with Crippen molar-refractivity contribution in [1.29, 1.82) is 0 Å². The van der Waals surface area contributed by atoms with Crippen LogP contribution in [0.3, 0.4) is 0 Å². The lowest BCUT2D eigenvalue weighted by Crippen LogP contribution is -2.54. The van der Waals surface area contributed by atoms with E-state index in [4.69, 9.17) is 5.73 Å². The van der Waals surface area contributed by atoms with E-state index in [1.807, 2.05) is 11.0 Å². The Morgan fingerprint density at radius 1 is 1.33 bits per heavy atom. The maximum absolute atomic E-state index is 11.6. The minimum Gasteiger partial charge on any atom is -0.336 e. The molecule has 18 heavy (non-hydrogen) atoms. The fraction of sp³-hybridized carbons (Fsp3) is 0.500. The smallest absolute Gasteiger partial charge is 0.236 e. The number of benzene rings is 1. The van der Waals surface area contributed by atoms with Crippen molar-refractivity contribution in [2.45, 2.75) is 19.5 Å². The first-order valence-corrected chi connectivity index (χ1v) is 6.46. The van der Waals surface area contributed by atoms with Crippen molar-refractivity contribution in [3.05, 3.63) is 35.9 Å². The Balaban J connectivity index is 1.90. The largest absolute Gasteiger partial charge is 0.336 e. The molecule has 1 amide bonds. The second-order valence-corrected chi connectivity index (χ2v) is 4.86. The van der Waals surface area contributed by atoms with Gasteiger partial charge in [-0.3, -0.25) is 9.69 Å². The van der Waals surface area contributed by atoms with Gasteiger partial charge in [-0.15, -0.1) is 0 Å². The van der Waals surface area contributed by atoms with E-state index in [0.717, 1.165) is 26.2 Å². The summed E-state index contributed by atoms with van der Waals surface area (Å²) in [4.78, 5) is 15.9. The fourth-order valence-corrected chi connectivity index (χ4v) is 2.51. The Morgan fingerprint density at radius 2 is 2.06 bits per heavy atom. The lowest BCUT2D eigenvalue weighted by molar-refractivity contribution is -0.134. The summed E-state index contributed by atoms with van der Waals surface area (Å²) in [6, 6.07) is 10.7. The number of carbonyl (C=O) groups excluding carboxylic acids is 1. The van der Waals surface area contributed by atoms with Crippen molar-refractivity contribution in [3.8, 4) is 0 Å². The normalized spacial score (nSPS) is 21.0. The molecule has 1 aromatic carbocycles. The van der Waals surface area contributed by atoms with Gasteiger partial charge in [-0.2, -0.15) is 0 Å². The molecule has 1 saturated heterocycles. The quantitative estimate of drug-likeness (QED) is 0.854. The number of nitrogens with zero attached hydrogens (tertiary/aromatic N) is 2. The summed E-state index contributed by atoms with van der Waals surface area (Å²) in [5.74, 6) is 0.0573. The highest BCUT2D eigenvalue weighted by Gasteiger charge is 2.26. The van der Waals surface area contributed by atoms with Gasteiger partial charge in [0.2, 0.25) is 5.91 Å². The average Bonchev–Trinajstić information content (AvgIpc) is 2.39. The van der Waals surface area contributed by atoms with Crippen LogP contribution in [0.25, 0.3) is 0 Å². The summed E-state index contributed by atoms with van der Waals surface area (Å²) in [7, 11) is 0. The first-order chi connectivity index (χ1) is 8.70. The molecule has 0 saturated carbocycles. The third-order valence-corrected chi connectivity index (χ3v) is 3.46. The Kier molecular flexibility index (Phi) is 4.33. The molecule has 0 aliphatic carbocycles. The molecule has 1 unspecified atom stereocenters. The number of hydrogen-bond donors (Lipinski definition) is 1. The molecular formula is C14H21N3O. The molecule has 1 fully saturated rings. The summed E-state index contributed by atoms with van der Waals surface area (Å²) >= 11 is 0. The second-order valence-electron chi connectivity index (χ2n) is 4.86. The molecule has 1 heterocycles. The second kappa shape index (κ2) is 5.98. The van der Waals surface area contributed by atoms with Crippen LogP contribution in [0.15, 0.2) is 30.3 Å². The first kappa shape index (κ1) is 13.1. The molecule has 1 aliphatic heterocycles. The molecule has 0 aromatic heterocycles. The lowest BCUT2D eigenvalue weighted by Gasteiger charge is -2.39. The molecule has 4 nitrogen and oxygen atoms in total. The van der Waals surface area contributed by atoms with Gasteiger partial charge in [-0.25, -0.2) is 0 Å². The van der Waals surface area contributed by atoms with Gasteiger partial charge < -0.3 is 10.6 Å². The van der Waals surface area contributed by atoms with E-state index in [0.29, 0.717) is 0 Å². The van der Waals surface area contributed by atoms with E-state index >= 15 is 0 Å². The van der Waals surface area contributed by atoms with Crippen molar-refractivity contribution in [2.75, 3.05) is 26.2 Å². The Labute approximate surface area is 108 Å². The van der Waals surface area contributed by atoms with Gasteiger partial charge in [0.1, 0.15) is 0 Å². The van der Waals surface area contributed by atoms with Crippen LogP contribution in [0.4, 0.5) is 0 Å². The Morgan fingerprint density at radius 3 is 2.67 bits per heavy atom. The predicted molar refractivity (Wildman–Crippen MR) is 71.9 cm³/mol. The highest BCUT2D eigenvalue weighted by molar-refractivity contribution is 5.78. The van der Waals surface area contributed by atoms with E-state index < -0.39 is 0 Å². The van der Waals surface area contributed by atoms with Gasteiger partial charge in [-0.1, -0.05) is 30.3 Å². The van der Waals surface area contributed by atoms with Gasteiger partial charge in [-0.05, 0) is 12.5 Å². The van der Waals surface area contributed by atoms with Crippen LogP contribution in [-0.2, 0) is 11.3 Å². The zero-order valence-electron chi connectivity index (χ0n) is 10.9.